The summed E-state index contributed by atoms with van der Waals surface area (Å²) in [6.07, 6.45) is 2.67. The van der Waals surface area contributed by atoms with Crippen LogP contribution >= 0.6 is 11.6 Å². The molecule has 10 heteroatoms. The number of amides is 1. The van der Waals surface area contributed by atoms with Crippen molar-refractivity contribution in [2.45, 2.75) is 30.4 Å². The maximum atomic E-state index is 12.5. The lowest BCUT2D eigenvalue weighted by molar-refractivity contribution is -0.0118. The molecule has 158 valence electrons. The van der Waals surface area contributed by atoms with Gasteiger partial charge in [-0.1, -0.05) is 11.6 Å². The van der Waals surface area contributed by atoms with E-state index in [1.54, 1.807) is 12.1 Å². The van der Waals surface area contributed by atoms with Gasteiger partial charge in [0.25, 0.3) is 11.9 Å². The first-order valence-electron chi connectivity index (χ1n) is 9.48. The van der Waals surface area contributed by atoms with E-state index in [-0.39, 0.29) is 21.8 Å². The van der Waals surface area contributed by atoms with Crippen LogP contribution < -0.4 is 10.2 Å². The van der Waals surface area contributed by atoms with Gasteiger partial charge in [0.05, 0.1) is 0 Å². The molecule has 0 unspecified atom stereocenters. The molecule has 2 aromatic heterocycles. The molecule has 2 aliphatic rings. The fourth-order valence-electron chi connectivity index (χ4n) is 4.82. The van der Waals surface area contributed by atoms with Crippen LogP contribution in [0.4, 0.5) is 6.01 Å². The van der Waals surface area contributed by atoms with Crippen LogP contribution in [0.3, 0.4) is 0 Å². The van der Waals surface area contributed by atoms with E-state index < -0.39 is 15.7 Å². The average molecular weight is 450 g/mol. The Bertz CT molecular complexity index is 1260. The number of carbonyl (C=O) groups is 1. The molecule has 1 saturated heterocycles. The van der Waals surface area contributed by atoms with Gasteiger partial charge in [-0.15, -0.1) is 0 Å². The number of furan rings is 1. The van der Waals surface area contributed by atoms with Crippen molar-refractivity contribution in [1.29, 1.82) is 0 Å². The lowest BCUT2D eigenvalue weighted by Crippen LogP contribution is -2.71. The number of halogens is 1. The van der Waals surface area contributed by atoms with Crippen molar-refractivity contribution in [2.24, 2.45) is 5.41 Å². The predicted molar refractivity (Wildman–Crippen MR) is 111 cm³/mol. The zero-order valence-electron chi connectivity index (χ0n) is 16.4. The summed E-state index contributed by atoms with van der Waals surface area (Å²) in [7, 11) is -3.48. The third-order valence-electron chi connectivity index (χ3n) is 5.78. The Balaban J connectivity index is 1.20. The largest absolute Gasteiger partial charge is 0.440 e. The minimum absolute atomic E-state index is 0.00188. The molecule has 3 heterocycles. The molecular weight excluding hydrogens is 430 g/mol. The summed E-state index contributed by atoms with van der Waals surface area (Å²) in [5.74, 6) is -0.410. The second-order valence-electron chi connectivity index (χ2n) is 8.72. The van der Waals surface area contributed by atoms with Crippen LogP contribution in [0.15, 0.2) is 44.3 Å². The van der Waals surface area contributed by atoms with Gasteiger partial charge in [-0.05, 0) is 50.1 Å². The number of rotatable bonds is 4. The van der Waals surface area contributed by atoms with Gasteiger partial charge in [0.15, 0.2) is 11.3 Å². The standard InChI is InChI=1S/C20H20ClN3O5S/c1-19(23-17(25)15-5-6-16(28-15)30(2,26)27)8-20(9-19)10-24(11-20)18-22-13-7-12(21)3-4-14(13)29-18/h3-7H,8-11H2,1-2H3,(H,23,25). The number of anilines is 1. The summed E-state index contributed by atoms with van der Waals surface area (Å²) in [6, 6.07) is 8.62. The van der Waals surface area contributed by atoms with E-state index in [9.17, 15) is 13.2 Å². The van der Waals surface area contributed by atoms with E-state index in [0.717, 1.165) is 37.7 Å². The number of carbonyl (C=O) groups excluding carboxylic acids is 1. The molecule has 0 bridgehead atoms. The van der Waals surface area contributed by atoms with Crippen LogP contribution in [0.5, 0.6) is 0 Å². The summed E-state index contributed by atoms with van der Waals surface area (Å²) in [5, 5.41) is 3.39. The van der Waals surface area contributed by atoms with Gasteiger partial charge < -0.3 is 19.1 Å². The van der Waals surface area contributed by atoms with E-state index in [1.165, 1.54) is 12.1 Å². The molecule has 30 heavy (non-hydrogen) atoms. The van der Waals surface area contributed by atoms with Gasteiger partial charge in [-0.25, -0.2) is 8.42 Å². The number of benzene rings is 1. The van der Waals surface area contributed by atoms with Crippen LogP contribution in [0.25, 0.3) is 11.1 Å². The van der Waals surface area contributed by atoms with Gasteiger partial charge in [0, 0.05) is 35.3 Å². The highest BCUT2D eigenvalue weighted by Gasteiger charge is 2.59. The van der Waals surface area contributed by atoms with Crippen molar-refractivity contribution in [2.75, 3.05) is 24.2 Å². The van der Waals surface area contributed by atoms with Gasteiger partial charge in [-0.3, -0.25) is 4.79 Å². The van der Waals surface area contributed by atoms with Gasteiger partial charge >= 0.3 is 0 Å². The Hall–Kier alpha value is -2.52. The SMILES string of the molecule is CC1(NC(=O)c2ccc(S(C)(=O)=O)o2)CC2(CN(c3nc4cc(Cl)ccc4o3)C2)C1. The van der Waals surface area contributed by atoms with E-state index in [4.69, 9.17) is 20.4 Å². The number of nitrogens with one attached hydrogen (secondary N) is 1. The maximum Gasteiger partial charge on any atom is 0.298 e. The highest BCUT2D eigenvalue weighted by atomic mass is 35.5. The molecule has 1 saturated carbocycles. The van der Waals surface area contributed by atoms with Crippen LogP contribution in [0, 0.1) is 5.41 Å². The summed E-state index contributed by atoms with van der Waals surface area (Å²) in [6.45, 7) is 3.59. The molecule has 1 amide bonds. The Morgan fingerprint density at radius 2 is 1.93 bits per heavy atom. The maximum absolute atomic E-state index is 12.5. The molecule has 3 aromatic rings. The molecule has 1 aliphatic heterocycles. The number of oxazole rings is 1. The molecule has 1 aromatic carbocycles. The molecule has 1 spiro atoms. The smallest absolute Gasteiger partial charge is 0.298 e. The molecule has 1 N–H and O–H groups in total. The first kappa shape index (κ1) is 19.4. The highest BCUT2D eigenvalue weighted by molar-refractivity contribution is 7.90. The Morgan fingerprint density at radius 3 is 2.60 bits per heavy atom. The van der Waals surface area contributed by atoms with Crippen molar-refractivity contribution in [3.8, 4) is 0 Å². The Kier molecular flexibility index (Phi) is 4.05. The van der Waals surface area contributed by atoms with Crippen LogP contribution in [0.1, 0.15) is 30.3 Å². The predicted octanol–water partition coefficient (Wildman–Crippen LogP) is 3.27. The van der Waals surface area contributed by atoms with Crippen LogP contribution in [0.2, 0.25) is 5.02 Å². The lowest BCUT2D eigenvalue weighted by atomic mass is 9.54. The lowest BCUT2D eigenvalue weighted by Gasteiger charge is -2.63. The average Bonchev–Trinajstić information content (AvgIpc) is 3.23. The van der Waals surface area contributed by atoms with Crippen molar-refractivity contribution in [3.05, 3.63) is 41.1 Å². The Labute approximate surface area is 178 Å². The van der Waals surface area contributed by atoms with E-state index >= 15 is 0 Å². The Morgan fingerprint density at radius 1 is 1.20 bits per heavy atom. The normalized spacial score (nSPS) is 19.5. The van der Waals surface area contributed by atoms with Gasteiger partial charge in [-0.2, -0.15) is 4.98 Å². The molecule has 8 nitrogen and oxygen atoms in total. The summed E-state index contributed by atoms with van der Waals surface area (Å²) >= 11 is 6.01. The summed E-state index contributed by atoms with van der Waals surface area (Å²) in [5.41, 5.74) is 1.18. The van der Waals surface area contributed by atoms with Crippen molar-refractivity contribution < 1.29 is 22.0 Å². The number of hydrogen-bond acceptors (Lipinski definition) is 7. The summed E-state index contributed by atoms with van der Waals surface area (Å²) in [4.78, 5) is 19.1. The van der Waals surface area contributed by atoms with Crippen molar-refractivity contribution in [1.82, 2.24) is 10.3 Å². The quantitative estimate of drug-likeness (QED) is 0.651. The van der Waals surface area contributed by atoms with Gasteiger partial charge in [0.2, 0.25) is 14.9 Å². The monoisotopic (exact) mass is 449 g/mol. The third-order valence-corrected chi connectivity index (χ3v) is 6.96. The molecule has 0 atom stereocenters. The fourth-order valence-corrected chi connectivity index (χ4v) is 5.54. The van der Waals surface area contributed by atoms with E-state index in [1.807, 2.05) is 13.0 Å². The second-order valence-corrected chi connectivity index (χ2v) is 11.1. The molecular formula is C20H20ClN3O5S. The number of fused-ring (bicyclic) bond motifs is 1. The number of sulfone groups is 1. The summed E-state index contributed by atoms with van der Waals surface area (Å²) < 4.78 is 34.1. The first-order chi connectivity index (χ1) is 14.0. The van der Waals surface area contributed by atoms with Gasteiger partial charge in [0.1, 0.15) is 5.52 Å². The van der Waals surface area contributed by atoms with E-state index in [0.29, 0.717) is 16.6 Å². The minimum atomic E-state index is -3.48. The second kappa shape index (κ2) is 6.24. The van der Waals surface area contributed by atoms with Crippen molar-refractivity contribution in [3.63, 3.8) is 0 Å². The topological polar surface area (TPSA) is 106 Å². The number of nitrogens with zero attached hydrogens (tertiary/aromatic N) is 2. The number of hydrogen-bond donors (Lipinski definition) is 1. The third kappa shape index (κ3) is 3.26. The molecule has 5 rings (SSSR count). The van der Waals surface area contributed by atoms with Crippen molar-refractivity contribution >= 4 is 44.5 Å². The van der Waals surface area contributed by atoms with E-state index in [2.05, 4.69) is 15.2 Å². The first-order valence-corrected chi connectivity index (χ1v) is 11.7. The van der Waals surface area contributed by atoms with Crippen LogP contribution in [-0.4, -0.2) is 44.2 Å². The van der Waals surface area contributed by atoms with Crippen LogP contribution in [-0.2, 0) is 9.84 Å². The molecule has 0 radical (unpaired) electrons. The zero-order valence-corrected chi connectivity index (χ0v) is 18.0. The highest BCUT2D eigenvalue weighted by Crippen LogP contribution is 2.54. The minimum Gasteiger partial charge on any atom is -0.440 e. The zero-order chi connectivity index (χ0) is 21.3. The fraction of sp³-hybridized carbons (Fsp3) is 0.400. The molecule has 1 aliphatic carbocycles. The molecule has 2 fully saturated rings. The number of aromatic nitrogens is 1.